The summed E-state index contributed by atoms with van der Waals surface area (Å²) in [6.45, 7) is 0.512. The third-order valence-electron chi connectivity index (χ3n) is 2.97. The second kappa shape index (κ2) is 6.02. The fourth-order valence-electron chi connectivity index (χ4n) is 1.91. The zero-order valence-corrected chi connectivity index (χ0v) is 10.6. The second-order valence-electron chi connectivity index (χ2n) is 4.33. The monoisotopic (exact) mass is 254 g/mol. The lowest BCUT2D eigenvalue weighted by molar-refractivity contribution is 0.790. The van der Waals surface area contributed by atoms with Gasteiger partial charge in [-0.1, -0.05) is 30.3 Å². The predicted molar refractivity (Wildman–Crippen MR) is 79.3 cm³/mol. The molecule has 0 radical (unpaired) electrons. The Labute approximate surface area is 112 Å². The van der Waals surface area contributed by atoms with Crippen molar-refractivity contribution in [3.05, 3.63) is 65.7 Å². The van der Waals surface area contributed by atoms with Crippen LogP contribution < -0.4 is 16.8 Å². The van der Waals surface area contributed by atoms with Crippen LogP contribution in [-0.4, -0.2) is 12.4 Å². The van der Waals surface area contributed by atoms with Gasteiger partial charge in [0.05, 0.1) is 6.04 Å². The minimum Gasteiger partial charge on any atom is -0.384 e. The lowest BCUT2D eigenvalue weighted by Gasteiger charge is -2.18. The molecule has 0 aliphatic heterocycles. The van der Waals surface area contributed by atoms with Crippen molar-refractivity contribution < 1.29 is 0 Å². The molecule has 0 amide bonds. The van der Waals surface area contributed by atoms with Crippen LogP contribution in [0.5, 0.6) is 0 Å². The van der Waals surface area contributed by atoms with Crippen LogP contribution in [-0.2, 0) is 0 Å². The first kappa shape index (κ1) is 13.1. The largest absolute Gasteiger partial charge is 0.384 e. The second-order valence-corrected chi connectivity index (χ2v) is 4.33. The third kappa shape index (κ3) is 3.33. The lowest BCUT2D eigenvalue weighted by atomic mass is 10.1. The summed E-state index contributed by atoms with van der Waals surface area (Å²) >= 11 is 0. The van der Waals surface area contributed by atoms with Gasteiger partial charge in [-0.25, -0.2) is 0 Å². The first-order valence-corrected chi connectivity index (χ1v) is 6.16. The average Bonchev–Trinajstić information content (AvgIpc) is 2.46. The van der Waals surface area contributed by atoms with E-state index in [4.69, 9.17) is 16.9 Å². The highest BCUT2D eigenvalue weighted by Crippen LogP contribution is 2.18. The molecule has 6 N–H and O–H groups in total. The highest BCUT2D eigenvalue weighted by molar-refractivity contribution is 5.95. The molecule has 1 atom stereocenters. The van der Waals surface area contributed by atoms with E-state index in [9.17, 15) is 0 Å². The van der Waals surface area contributed by atoms with Gasteiger partial charge in [0, 0.05) is 17.8 Å². The van der Waals surface area contributed by atoms with E-state index >= 15 is 0 Å². The van der Waals surface area contributed by atoms with Crippen LogP contribution in [0.25, 0.3) is 0 Å². The van der Waals surface area contributed by atoms with E-state index in [0.29, 0.717) is 6.54 Å². The van der Waals surface area contributed by atoms with Crippen molar-refractivity contribution >= 4 is 11.5 Å². The molecule has 2 rings (SSSR count). The van der Waals surface area contributed by atoms with E-state index in [1.165, 1.54) is 0 Å². The van der Waals surface area contributed by atoms with Gasteiger partial charge in [0.15, 0.2) is 0 Å². The quantitative estimate of drug-likeness (QED) is 0.486. The molecular formula is C15H18N4. The lowest BCUT2D eigenvalue weighted by Crippen LogP contribution is -2.20. The molecule has 0 aliphatic carbocycles. The Hall–Kier alpha value is -2.33. The summed E-state index contributed by atoms with van der Waals surface area (Å²) in [4.78, 5) is 0. The molecule has 0 bridgehead atoms. The fraction of sp³-hybridized carbons (Fsp3) is 0.133. The first-order valence-electron chi connectivity index (χ1n) is 6.16. The van der Waals surface area contributed by atoms with Crippen LogP contribution in [0.15, 0.2) is 54.6 Å². The number of hydrogen-bond donors (Lipinski definition) is 4. The number of rotatable bonds is 5. The number of anilines is 1. The molecule has 4 heteroatoms. The highest BCUT2D eigenvalue weighted by atomic mass is 14.9. The highest BCUT2D eigenvalue weighted by Gasteiger charge is 2.08. The number of nitrogen functional groups attached to an aromatic ring is 1. The van der Waals surface area contributed by atoms with Crippen molar-refractivity contribution in [3.63, 3.8) is 0 Å². The van der Waals surface area contributed by atoms with Crippen LogP contribution in [0.4, 0.5) is 5.69 Å². The smallest absolute Gasteiger partial charge is 0.122 e. The molecule has 0 aromatic heterocycles. The summed E-state index contributed by atoms with van der Waals surface area (Å²) in [5, 5.41) is 10.7. The van der Waals surface area contributed by atoms with Gasteiger partial charge in [0.25, 0.3) is 0 Å². The molecule has 1 unspecified atom stereocenters. The number of nitrogens with one attached hydrogen (secondary N) is 2. The normalized spacial score (nSPS) is 11.8. The molecule has 4 nitrogen and oxygen atoms in total. The molecule has 98 valence electrons. The maximum absolute atomic E-state index is 7.36. The van der Waals surface area contributed by atoms with Crippen LogP contribution in [0, 0.1) is 5.41 Å². The van der Waals surface area contributed by atoms with Gasteiger partial charge in [-0.2, -0.15) is 0 Å². The van der Waals surface area contributed by atoms with Crippen molar-refractivity contribution in [3.8, 4) is 0 Å². The Kier molecular flexibility index (Phi) is 4.15. The Morgan fingerprint density at radius 2 is 1.68 bits per heavy atom. The van der Waals surface area contributed by atoms with E-state index in [2.05, 4.69) is 17.4 Å². The number of hydrogen-bond acceptors (Lipinski definition) is 3. The van der Waals surface area contributed by atoms with Crippen LogP contribution in [0.1, 0.15) is 17.2 Å². The minimum atomic E-state index is 0.0735. The van der Waals surface area contributed by atoms with E-state index in [1.807, 2.05) is 42.5 Å². The summed E-state index contributed by atoms with van der Waals surface area (Å²) in [6.07, 6.45) is 0. The van der Waals surface area contributed by atoms with Gasteiger partial charge < -0.3 is 16.8 Å². The van der Waals surface area contributed by atoms with Crippen molar-refractivity contribution in [2.24, 2.45) is 11.5 Å². The molecule has 2 aromatic carbocycles. The zero-order chi connectivity index (χ0) is 13.7. The van der Waals surface area contributed by atoms with Gasteiger partial charge in [-0.05, 0) is 29.8 Å². The molecule has 0 saturated heterocycles. The maximum atomic E-state index is 7.36. The topological polar surface area (TPSA) is 87.9 Å². The third-order valence-corrected chi connectivity index (χ3v) is 2.97. The minimum absolute atomic E-state index is 0.0735. The molecule has 0 aliphatic rings. The van der Waals surface area contributed by atoms with Crippen LogP contribution in [0.2, 0.25) is 0 Å². The van der Waals surface area contributed by atoms with Crippen molar-refractivity contribution in [2.45, 2.75) is 6.04 Å². The molecule has 0 saturated carbocycles. The van der Waals surface area contributed by atoms with E-state index < -0.39 is 0 Å². The molecule has 0 heterocycles. The number of amidine groups is 1. The van der Waals surface area contributed by atoms with E-state index in [0.717, 1.165) is 16.8 Å². The maximum Gasteiger partial charge on any atom is 0.122 e. The van der Waals surface area contributed by atoms with Gasteiger partial charge in [-0.3, -0.25) is 5.41 Å². The molecule has 19 heavy (non-hydrogen) atoms. The SMILES string of the molecule is N=C(N)c1ccc(NC(CN)c2ccccc2)cc1. The molecule has 2 aromatic rings. The Bertz CT molecular complexity index is 534. The zero-order valence-electron chi connectivity index (χ0n) is 10.6. The summed E-state index contributed by atoms with van der Waals surface area (Å²) in [6, 6.07) is 17.6. The standard InChI is InChI=1S/C15H18N4/c16-10-14(11-4-2-1-3-5-11)19-13-8-6-12(7-9-13)15(17)18/h1-9,14,19H,10,16H2,(H3,17,18). The first-order chi connectivity index (χ1) is 9.20. The van der Waals surface area contributed by atoms with Crippen molar-refractivity contribution in [2.75, 3.05) is 11.9 Å². The predicted octanol–water partition coefficient (Wildman–Crippen LogP) is 2.08. The van der Waals surface area contributed by atoms with Gasteiger partial charge in [0.2, 0.25) is 0 Å². The van der Waals surface area contributed by atoms with Gasteiger partial charge in [0.1, 0.15) is 5.84 Å². The Morgan fingerprint density at radius 1 is 1.05 bits per heavy atom. The summed E-state index contributed by atoms with van der Waals surface area (Å²) in [5.41, 5.74) is 14.1. The summed E-state index contributed by atoms with van der Waals surface area (Å²) < 4.78 is 0. The fourth-order valence-corrected chi connectivity index (χ4v) is 1.91. The summed E-state index contributed by atoms with van der Waals surface area (Å²) in [5.74, 6) is 0.0741. The van der Waals surface area contributed by atoms with Crippen molar-refractivity contribution in [1.82, 2.24) is 0 Å². The van der Waals surface area contributed by atoms with E-state index in [-0.39, 0.29) is 11.9 Å². The Balaban J connectivity index is 2.12. The summed E-state index contributed by atoms with van der Waals surface area (Å²) in [7, 11) is 0. The average molecular weight is 254 g/mol. The number of benzene rings is 2. The van der Waals surface area contributed by atoms with Crippen LogP contribution >= 0.6 is 0 Å². The van der Waals surface area contributed by atoms with Gasteiger partial charge >= 0.3 is 0 Å². The Morgan fingerprint density at radius 3 is 2.21 bits per heavy atom. The number of nitrogens with two attached hydrogens (primary N) is 2. The molecule has 0 fully saturated rings. The van der Waals surface area contributed by atoms with Crippen molar-refractivity contribution in [1.29, 1.82) is 5.41 Å². The van der Waals surface area contributed by atoms with Crippen LogP contribution in [0.3, 0.4) is 0 Å². The van der Waals surface area contributed by atoms with Gasteiger partial charge in [-0.15, -0.1) is 0 Å². The molecular weight excluding hydrogens is 236 g/mol. The molecule has 0 spiro atoms. The van der Waals surface area contributed by atoms with E-state index in [1.54, 1.807) is 0 Å².